The second kappa shape index (κ2) is 5.45. The Labute approximate surface area is 99.2 Å². The predicted molar refractivity (Wildman–Crippen MR) is 61.9 cm³/mol. The van der Waals surface area contributed by atoms with Gasteiger partial charge in [-0.05, 0) is 24.1 Å². The minimum atomic E-state index is -0.854. The Morgan fingerprint density at radius 1 is 1.59 bits per heavy atom. The Kier molecular flexibility index (Phi) is 4.23. The van der Waals surface area contributed by atoms with Gasteiger partial charge in [-0.3, -0.25) is 9.59 Å². The largest absolute Gasteiger partial charge is 0.507 e. The van der Waals surface area contributed by atoms with Crippen molar-refractivity contribution in [1.29, 1.82) is 0 Å². The average Bonchev–Trinajstić information content (AvgIpc) is 2.31. The number of carbonyl (C=O) groups is 2. The van der Waals surface area contributed by atoms with Crippen LogP contribution < -0.4 is 5.73 Å². The van der Waals surface area contributed by atoms with Gasteiger partial charge in [-0.25, -0.2) is 0 Å². The fourth-order valence-electron chi connectivity index (χ4n) is 1.60. The van der Waals surface area contributed by atoms with E-state index in [0.29, 0.717) is 11.8 Å². The van der Waals surface area contributed by atoms with Crippen LogP contribution in [0.15, 0.2) is 12.1 Å². The van der Waals surface area contributed by atoms with E-state index in [0.717, 1.165) is 5.56 Å². The second-order valence-corrected chi connectivity index (χ2v) is 3.81. The quantitative estimate of drug-likeness (QED) is 0.589. The van der Waals surface area contributed by atoms with Gasteiger partial charge in [-0.15, -0.1) is 0 Å². The molecule has 5 nitrogen and oxygen atoms in total. The first kappa shape index (κ1) is 13.2. The highest BCUT2D eigenvalue weighted by molar-refractivity contribution is 5.81. The molecule has 0 fully saturated rings. The van der Waals surface area contributed by atoms with Crippen LogP contribution in [0.2, 0.25) is 0 Å². The van der Waals surface area contributed by atoms with Crippen LogP contribution in [0, 0.1) is 6.92 Å². The van der Waals surface area contributed by atoms with Gasteiger partial charge in [0.25, 0.3) is 0 Å². The van der Waals surface area contributed by atoms with E-state index in [1.165, 1.54) is 7.11 Å². The van der Waals surface area contributed by atoms with Crippen molar-refractivity contribution in [1.82, 2.24) is 0 Å². The predicted octanol–water partition coefficient (Wildman–Crippen LogP) is 0.556. The van der Waals surface area contributed by atoms with Gasteiger partial charge in [0.15, 0.2) is 6.29 Å². The minimum absolute atomic E-state index is 0.126. The summed E-state index contributed by atoms with van der Waals surface area (Å²) in [7, 11) is 1.25. The highest BCUT2D eigenvalue weighted by atomic mass is 16.5. The molecule has 0 spiro atoms. The monoisotopic (exact) mass is 237 g/mol. The standard InChI is InChI=1S/C12H15NO4/c1-7-3-8(5-10(13)12(16)17-2)11(15)9(4-7)6-14/h3-4,6,10,15H,5,13H2,1-2H3/t10-/m0/s1. The maximum atomic E-state index is 11.2. The Morgan fingerprint density at radius 3 is 2.76 bits per heavy atom. The fourth-order valence-corrected chi connectivity index (χ4v) is 1.60. The molecular weight excluding hydrogens is 222 g/mol. The van der Waals surface area contributed by atoms with Crippen molar-refractivity contribution < 1.29 is 19.4 Å². The Balaban J connectivity index is 3.02. The number of carbonyl (C=O) groups excluding carboxylic acids is 2. The molecule has 0 aliphatic rings. The molecular formula is C12H15NO4. The summed E-state index contributed by atoms with van der Waals surface area (Å²) >= 11 is 0. The number of aromatic hydroxyl groups is 1. The van der Waals surface area contributed by atoms with E-state index in [1.807, 2.05) is 0 Å². The van der Waals surface area contributed by atoms with E-state index in [1.54, 1.807) is 19.1 Å². The molecule has 1 atom stereocenters. The van der Waals surface area contributed by atoms with Crippen LogP contribution in [-0.2, 0) is 16.0 Å². The molecule has 1 aromatic rings. The summed E-state index contributed by atoms with van der Waals surface area (Å²) in [5.41, 5.74) is 7.07. The van der Waals surface area contributed by atoms with Crippen molar-refractivity contribution in [2.45, 2.75) is 19.4 Å². The number of hydrogen-bond acceptors (Lipinski definition) is 5. The van der Waals surface area contributed by atoms with Crippen molar-refractivity contribution in [3.8, 4) is 5.75 Å². The van der Waals surface area contributed by atoms with Crippen LogP contribution in [0.25, 0.3) is 0 Å². The summed E-state index contributed by atoms with van der Waals surface area (Å²) in [5.74, 6) is -0.691. The number of esters is 1. The molecule has 0 radical (unpaired) electrons. The van der Waals surface area contributed by atoms with E-state index in [9.17, 15) is 14.7 Å². The van der Waals surface area contributed by atoms with E-state index < -0.39 is 12.0 Å². The SMILES string of the molecule is COC(=O)[C@@H](N)Cc1cc(C)cc(C=O)c1O. The molecule has 0 unspecified atom stereocenters. The van der Waals surface area contributed by atoms with Crippen molar-refractivity contribution >= 4 is 12.3 Å². The van der Waals surface area contributed by atoms with Crippen LogP contribution in [-0.4, -0.2) is 30.5 Å². The van der Waals surface area contributed by atoms with Gasteiger partial charge < -0.3 is 15.6 Å². The van der Waals surface area contributed by atoms with Gasteiger partial charge in [0.05, 0.1) is 12.7 Å². The lowest BCUT2D eigenvalue weighted by Crippen LogP contribution is -2.33. The van der Waals surface area contributed by atoms with Gasteiger partial charge in [-0.1, -0.05) is 6.07 Å². The summed E-state index contributed by atoms with van der Waals surface area (Å²) in [4.78, 5) is 21.9. The molecule has 0 bridgehead atoms. The molecule has 0 heterocycles. The maximum absolute atomic E-state index is 11.2. The van der Waals surface area contributed by atoms with E-state index in [4.69, 9.17) is 5.73 Å². The van der Waals surface area contributed by atoms with Gasteiger partial charge in [0, 0.05) is 6.42 Å². The van der Waals surface area contributed by atoms with Crippen molar-refractivity contribution in [3.05, 3.63) is 28.8 Å². The Bertz CT molecular complexity index is 442. The number of aldehydes is 1. The number of methoxy groups -OCH3 is 1. The number of phenolic OH excluding ortho intramolecular Hbond substituents is 1. The molecule has 1 aromatic carbocycles. The zero-order valence-electron chi connectivity index (χ0n) is 9.77. The van der Waals surface area contributed by atoms with E-state index in [-0.39, 0.29) is 17.7 Å². The highest BCUT2D eigenvalue weighted by Gasteiger charge is 2.17. The lowest BCUT2D eigenvalue weighted by atomic mass is 10.00. The zero-order valence-corrected chi connectivity index (χ0v) is 9.77. The van der Waals surface area contributed by atoms with Crippen LogP contribution in [0.3, 0.4) is 0 Å². The number of ether oxygens (including phenoxy) is 1. The van der Waals surface area contributed by atoms with Gasteiger partial charge in [0.1, 0.15) is 11.8 Å². The summed E-state index contributed by atoms with van der Waals surface area (Å²) < 4.78 is 4.50. The molecule has 0 aromatic heterocycles. The molecule has 1 rings (SSSR count). The van der Waals surface area contributed by atoms with Gasteiger partial charge in [0.2, 0.25) is 0 Å². The molecule has 17 heavy (non-hydrogen) atoms. The average molecular weight is 237 g/mol. The molecule has 5 heteroatoms. The third-order valence-electron chi connectivity index (χ3n) is 2.43. The summed E-state index contributed by atoms with van der Waals surface area (Å²) in [6.45, 7) is 1.79. The normalized spacial score (nSPS) is 11.9. The summed E-state index contributed by atoms with van der Waals surface area (Å²) in [5, 5.41) is 9.78. The third kappa shape index (κ3) is 3.04. The Morgan fingerprint density at radius 2 is 2.24 bits per heavy atom. The van der Waals surface area contributed by atoms with E-state index in [2.05, 4.69) is 4.74 Å². The smallest absolute Gasteiger partial charge is 0.322 e. The van der Waals surface area contributed by atoms with Crippen molar-refractivity contribution in [3.63, 3.8) is 0 Å². The molecule has 0 aliphatic heterocycles. The molecule has 0 aliphatic carbocycles. The molecule has 0 saturated carbocycles. The summed E-state index contributed by atoms with van der Waals surface area (Å²) in [6.07, 6.45) is 0.691. The molecule has 92 valence electrons. The minimum Gasteiger partial charge on any atom is -0.507 e. The first-order valence-electron chi connectivity index (χ1n) is 5.10. The second-order valence-electron chi connectivity index (χ2n) is 3.81. The number of aryl methyl sites for hydroxylation is 1. The van der Waals surface area contributed by atoms with Crippen molar-refractivity contribution in [2.24, 2.45) is 5.73 Å². The van der Waals surface area contributed by atoms with Crippen LogP contribution >= 0.6 is 0 Å². The van der Waals surface area contributed by atoms with E-state index >= 15 is 0 Å². The topological polar surface area (TPSA) is 89.6 Å². The van der Waals surface area contributed by atoms with Gasteiger partial charge in [-0.2, -0.15) is 0 Å². The number of nitrogens with two attached hydrogens (primary N) is 1. The van der Waals surface area contributed by atoms with Crippen LogP contribution in [0.1, 0.15) is 21.5 Å². The van der Waals surface area contributed by atoms with Crippen LogP contribution in [0.4, 0.5) is 0 Å². The zero-order chi connectivity index (χ0) is 13.0. The lowest BCUT2D eigenvalue weighted by molar-refractivity contribution is -0.142. The first-order valence-corrected chi connectivity index (χ1v) is 5.10. The number of rotatable bonds is 4. The lowest BCUT2D eigenvalue weighted by Gasteiger charge is -2.12. The number of hydrogen-bond donors (Lipinski definition) is 2. The molecule has 0 saturated heterocycles. The fraction of sp³-hybridized carbons (Fsp3) is 0.333. The molecule has 3 N–H and O–H groups in total. The number of phenols is 1. The van der Waals surface area contributed by atoms with Crippen LogP contribution in [0.5, 0.6) is 5.75 Å². The number of benzene rings is 1. The first-order chi connectivity index (χ1) is 7.99. The summed E-state index contributed by atoms with van der Waals surface area (Å²) in [6, 6.07) is 2.40. The highest BCUT2D eigenvalue weighted by Crippen LogP contribution is 2.24. The van der Waals surface area contributed by atoms with Crippen molar-refractivity contribution in [2.75, 3.05) is 7.11 Å². The van der Waals surface area contributed by atoms with Gasteiger partial charge >= 0.3 is 5.97 Å². The third-order valence-corrected chi connectivity index (χ3v) is 2.43. The Hall–Kier alpha value is -1.88. The maximum Gasteiger partial charge on any atom is 0.322 e. The molecule has 0 amide bonds.